The van der Waals surface area contributed by atoms with E-state index in [0.717, 1.165) is 16.8 Å². The van der Waals surface area contributed by atoms with E-state index in [1.54, 1.807) is 0 Å². The van der Waals surface area contributed by atoms with Gasteiger partial charge in [0.25, 0.3) is 5.91 Å². The van der Waals surface area contributed by atoms with Crippen LogP contribution in [0, 0.1) is 13.8 Å². The lowest BCUT2D eigenvalue weighted by atomic mass is 10.1. The van der Waals surface area contributed by atoms with E-state index in [9.17, 15) is 4.79 Å². The second-order valence-corrected chi connectivity index (χ2v) is 5.80. The third-order valence-corrected chi connectivity index (χ3v) is 4.19. The van der Waals surface area contributed by atoms with Crippen LogP contribution < -0.4 is 16.0 Å². The van der Waals surface area contributed by atoms with Crippen LogP contribution in [0.5, 0.6) is 0 Å². The summed E-state index contributed by atoms with van der Waals surface area (Å²) >= 11 is 1.28. The molecule has 2 rings (SSSR count). The molecule has 0 radical (unpaired) electrons. The van der Waals surface area contributed by atoms with Crippen molar-refractivity contribution in [3.05, 3.63) is 34.2 Å². The molecule has 5 nitrogen and oxygen atoms in total. The Bertz CT molecular complexity index is 628. The van der Waals surface area contributed by atoms with Crippen molar-refractivity contribution >= 4 is 33.9 Å². The number of anilines is 3. The molecule has 6 heteroatoms. The number of hydrogen-bond acceptors (Lipinski definition) is 5. The Hall–Kier alpha value is -2.08. The number of para-hydroxylation sites is 1. The minimum absolute atomic E-state index is 0.217. The number of nitrogens with one attached hydrogen (secondary N) is 1. The zero-order chi connectivity index (χ0) is 14.9. The molecule has 0 atom stereocenters. The molecule has 0 saturated carbocycles. The smallest absolute Gasteiger partial charge is 0.269 e. The number of rotatable bonds is 3. The van der Waals surface area contributed by atoms with Gasteiger partial charge >= 0.3 is 0 Å². The predicted octanol–water partition coefficient (Wildman–Crippen LogP) is 2.66. The summed E-state index contributed by atoms with van der Waals surface area (Å²) in [5.41, 5.74) is 8.70. The van der Waals surface area contributed by atoms with Crippen LogP contribution in [0.3, 0.4) is 0 Å². The highest BCUT2D eigenvalue weighted by Crippen LogP contribution is 2.28. The highest BCUT2D eigenvalue weighted by Gasteiger charge is 2.18. The minimum atomic E-state index is -0.217. The van der Waals surface area contributed by atoms with Crippen molar-refractivity contribution in [1.29, 1.82) is 0 Å². The van der Waals surface area contributed by atoms with Crippen LogP contribution in [0.25, 0.3) is 0 Å². The zero-order valence-corrected chi connectivity index (χ0v) is 12.8. The average Bonchev–Trinajstić information content (AvgIpc) is 2.76. The number of aromatic nitrogens is 1. The molecule has 0 fully saturated rings. The summed E-state index contributed by atoms with van der Waals surface area (Å²) in [5.74, 6) is 0.0490. The normalized spacial score (nSPS) is 10.4. The average molecular weight is 290 g/mol. The molecule has 0 bridgehead atoms. The first-order valence-electron chi connectivity index (χ1n) is 6.21. The number of nitrogen functional groups attached to an aromatic ring is 1. The van der Waals surface area contributed by atoms with E-state index in [2.05, 4.69) is 10.3 Å². The highest BCUT2D eigenvalue weighted by atomic mass is 32.1. The van der Waals surface area contributed by atoms with Gasteiger partial charge in [-0.25, -0.2) is 4.98 Å². The number of aryl methyl sites for hydroxylation is 2. The third kappa shape index (κ3) is 2.75. The molecule has 1 aromatic carbocycles. The maximum Gasteiger partial charge on any atom is 0.269 e. The van der Waals surface area contributed by atoms with Crippen molar-refractivity contribution in [3.8, 4) is 0 Å². The fourth-order valence-corrected chi connectivity index (χ4v) is 2.66. The third-order valence-electron chi connectivity index (χ3n) is 2.95. The number of nitrogens with zero attached hydrogens (tertiary/aromatic N) is 2. The van der Waals surface area contributed by atoms with Crippen LogP contribution in [0.15, 0.2) is 18.2 Å². The molecule has 3 N–H and O–H groups in total. The standard InChI is InChI=1S/C14H18N4OS/c1-8-6-5-7-9(2)10(8)16-13(19)11-12(15)17-14(20-11)18(3)4/h5-7H,15H2,1-4H3,(H,16,19). The van der Waals surface area contributed by atoms with Crippen LogP contribution >= 0.6 is 11.3 Å². The van der Waals surface area contributed by atoms with E-state index in [1.165, 1.54) is 11.3 Å². The van der Waals surface area contributed by atoms with Gasteiger partial charge < -0.3 is 16.0 Å². The van der Waals surface area contributed by atoms with Gasteiger partial charge in [-0.15, -0.1) is 0 Å². The maximum absolute atomic E-state index is 12.3. The highest BCUT2D eigenvalue weighted by molar-refractivity contribution is 7.18. The van der Waals surface area contributed by atoms with E-state index in [1.807, 2.05) is 51.0 Å². The SMILES string of the molecule is Cc1cccc(C)c1NC(=O)c1sc(N(C)C)nc1N. The van der Waals surface area contributed by atoms with Crippen molar-refractivity contribution in [2.24, 2.45) is 0 Å². The Kier molecular flexibility index (Phi) is 3.94. The Morgan fingerprint density at radius 1 is 1.30 bits per heavy atom. The van der Waals surface area contributed by atoms with Gasteiger partial charge in [0.2, 0.25) is 0 Å². The van der Waals surface area contributed by atoms with Crippen molar-refractivity contribution < 1.29 is 4.79 Å². The molecule has 20 heavy (non-hydrogen) atoms. The fourth-order valence-electron chi connectivity index (χ4n) is 1.86. The van der Waals surface area contributed by atoms with Crippen LogP contribution in [0.4, 0.5) is 16.6 Å². The molecule has 0 saturated heterocycles. The second-order valence-electron chi connectivity index (χ2n) is 4.83. The van der Waals surface area contributed by atoms with Crippen molar-refractivity contribution in [2.45, 2.75) is 13.8 Å². The number of amides is 1. The summed E-state index contributed by atoms with van der Waals surface area (Å²) in [6, 6.07) is 5.89. The Labute approximate surface area is 122 Å². The molecule has 0 aliphatic carbocycles. The van der Waals surface area contributed by atoms with Gasteiger partial charge in [0.05, 0.1) is 0 Å². The van der Waals surface area contributed by atoms with Crippen molar-refractivity contribution in [3.63, 3.8) is 0 Å². The van der Waals surface area contributed by atoms with Crippen LogP contribution in [-0.2, 0) is 0 Å². The number of benzene rings is 1. The largest absolute Gasteiger partial charge is 0.382 e. The van der Waals surface area contributed by atoms with Gasteiger partial charge in [0, 0.05) is 19.8 Å². The number of carbonyl (C=O) groups is 1. The summed E-state index contributed by atoms with van der Waals surface area (Å²) in [5, 5.41) is 3.64. The van der Waals surface area contributed by atoms with Crippen LogP contribution in [-0.4, -0.2) is 25.0 Å². The van der Waals surface area contributed by atoms with E-state index >= 15 is 0 Å². The summed E-state index contributed by atoms with van der Waals surface area (Å²) in [6.45, 7) is 3.92. The zero-order valence-electron chi connectivity index (χ0n) is 12.0. The van der Waals surface area contributed by atoms with E-state index in [4.69, 9.17) is 5.73 Å². The lowest BCUT2D eigenvalue weighted by molar-refractivity contribution is 0.103. The Balaban J connectivity index is 2.29. The molecule has 106 valence electrons. The van der Waals surface area contributed by atoms with Gasteiger partial charge in [-0.1, -0.05) is 29.5 Å². The monoisotopic (exact) mass is 290 g/mol. The molecule has 1 amide bonds. The van der Waals surface area contributed by atoms with Gasteiger partial charge in [-0.05, 0) is 25.0 Å². The second kappa shape index (κ2) is 5.50. The first kappa shape index (κ1) is 14.3. The molecule has 0 aliphatic heterocycles. The molecule has 1 heterocycles. The van der Waals surface area contributed by atoms with Gasteiger partial charge in [0.1, 0.15) is 10.7 Å². The summed E-state index contributed by atoms with van der Waals surface area (Å²) in [6.07, 6.45) is 0. The summed E-state index contributed by atoms with van der Waals surface area (Å²) in [4.78, 5) is 18.8. The number of thiazole rings is 1. The minimum Gasteiger partial charge on any atom is -0.382 e. The lowest BCUT2D eigenvalue weighted by Gasteiger charge is -2.10. The van der Waals surface area contributed by atoms with Crippen molar-refractivity contribution in [1.82, 2.24) is 4.98 Å². The van der Waals surface area contributed by atoms with E-state index in [-0.39, 0.29) is 11.7 Å². The number of carbonyl (C=O) groups excluding carboxylic acids is 1. The maximum atomic E-state index is 12.3. The van der Waals surface area contributed by atoms with Gasteiger partial charge in [0.15, 0.2) is 5.13 Å². The molecule has 2 aromatic rings. The van der Waals surface area contributed by atoms with Crippen LogP contribution in [0.2, 0.25) is 0 Å². The molecular weight excluding hydrogens is 272 g/mol. The van der Waals surface area contributed by atoms with Crippen molar-refractivity contribution in [2.75, 3.05) is 30.0 Å². The lowest BCUT2D eigenvalue weighted by Crippen LogP contribution is -2.14. The number of hydrogen-bond donors (Lipinski definition) is 2. The molecular formula is C14H18N4OS. The molecule has 1 aromatic heterocycles. The molecule has 0 unspecified atom stereocenters. The topological polar surface area (TPSA) is 71.2 Å². The fraction of sp³-hybridized carbons (Fsp3) is 0.286. The quantitative estimate of drug-likeness (QED) is 0.911. The summed E-state index contributed by atoms with van der Waals surface area (Å²) < 4.78 is 0. The van der Waals surface area contributed by atoms with Crippen LogP contribution in [0.1, 0.15) is 20.8 Å². The van der Waals surface area contributed by atoms with E-state index in [0.29, 0.717) is 10.0 Å². The Morgan fingerprint density at radius 2 is 1.90 bits per heavy atom. The Morgan fingerprint density at radius 3 is 2.40 bits per heavy atom. The number of nitrogens with two attached hydrogens (primary N) is 1. The van der Waals surface area contributed by atoms with Gasteiger partial charge in [-0.3, -0.25) is 4.79 Å². The van der Waals surface area contributed by atoms with E-state index < -0.39 is 0 Å². The van der Waals surface area contributed by atoms with Gasteiger partial charge in [-0.2, -0.15) is 0 Å². The first-order chi connectivity index (χ1) is 9.40. The summed E-state index contributed by atoms with van der Waals surface area (Å²) in [7, 11) is 3.73. The first-order valence-corrected chi connectivity index (χ1v) is 7.03. The molecule has 0 aliphatic rings. The predicted molar refractivity (Wildman–Crippen MR) is 84.7 cm³/mol. The molecule has 0 spiro atoms.